The Balaban J connectivity index is 1.93. The average Bonchev–Trinajstić information content (AvgIpc) is 3.05. The first-order chi connectivity index (χ1) is 12.3. The van der Waals surface area contributed by atoms with Gasteiger partial charge in [-0.3, -0.25) is 5.43 Å². The molecule has 0 spiro atoms. The van der Waals surface area contributed by atoms with Gasteiger partial charge in [0.2, 0.25) is 0 Å². The lowest BCUT2D eigenvalue weighted by molar-refractivity contribution is 0.271. The molecule has 2 aromatic rings. The fourth-order valence-electron chi connectivity index (χ4n) is 3.61. The van der Waals surface area contributed by atoms with Gasteiger partial charge in [0.15, 0.2) is 0 Å². The van der Waals surface area contributed by atoms with E-state index in [1.54, 1.807) is 0 Å². The molecule has 1 aliphatic rings. The van der Waals surface area contributed by atoms with E-state index in [2.05, 4.69) is 84.8 Å². The van der Waals surface area contributed by atoms with E-state index in [1.165, 1.54) is 29.8 Å². The number of hydrazone groups is 1. The Morgan fingerprint density at radius 2 is 1.52 bits per heavy atom. The van der Waals surface area contributed by atoms with Crippen molar-refractivity contribution < 1.29 is 0 Å². The molecule has 1 unspecified atom stereocenters. The monoisotopic (exact) mass is 335 g/mol. The molecule has 0 fully saturated rings. The van der Waals surface area contributed by atoms with Crippen LogP contribution in [-0.4, -0.2) is 23.4 Å². The molecule has 1 atom stereocenters. The number of unbranched alkanes of at least 4 members (excludes halogenated alkanes) is 1. The SMILES string of the molecule is CCCCC1=NNC(C(c2ccccc2)c2ccccc2)N1CCC. The number of nitrogens with one attached hydrogen (secondary N) is 1. The summed E-state index contributed by atoms with van der Waals surface area (Å²) >= 11 is 0. The van der Waals surface area contributed by atoms with E-state index in [1.807, 2.05) is 0 Å². The molecule has 0 aromatic heterocycles. The normalized spacial score (nSPS) is 16.8. The van der Waals surface area contributed by atoms with E-state index in [4.69, 9.17) is 5.10 Å². The van der Waals surface area contributed by atoms with Crippen LogP contribution in [0.5, 0.6) is 0 Å². The third kappa shape index (κ3) is 4.04. The summed E-state index contributed by atoms with van der Waals surface area (Å²) in [7, 11) is 0. The van der Waals surface area contributed by atoms with Crippen LogP contribution in [0.15, 0.2) is 65.8 Å². The molecule has 0 radical (unpaired) electrons. The minimum atomic E-state index is 0.177. The lowest BCUT2D eigenvalue weighted by Gasteiger charge is -2.33. The quantitative estimate of drug-likeness (QED) is 0.738. The second kappa shape index (κ2) is 8.70. The molecule has 0 saturated heterocycles. The zero-order chi connectivity index (χ0) is 17.5. The number of hydrogen-bond donors (Lipinski definition) is 1. The maximum atomic E-state index is 4.72. The van der Waals surface area contributed by atoms with E-state index in [-0.39, 0.29) is 12.1 Å². The van der Waals surface area contributed by atoms with Crippen molar-refractivity contribution in [1.29, 1.82) is 0 Å². The number of nitrogens with zero attached hydrogens (tertiary/aromatic N) is 2. The number of amidine groups is 1. The second-order valence-corrected chi connectivity index (χ2v) is 6.70. The van der Waals surface area contributed by atoms with E-state index >= 15 is 0 Å². The van der Waals surface area contributed by atoms with Crippen LogP contribution >= 0.6 is 0 Å². The van der Waals surface area contributed by atoms with E-state index in [9.17, 15) is 0 Å². The van der Waals surface area contributed by atoms with Gasteiger partial charge in [-0.25, -0.2) is 0 Å². The van der Waals surface area contributed by atoms with Crippen LogP contribution in [0.4, 0.5) is 0 Å². The molecular weight excluding hydrogens is 306 g/mol. The average molecular weight is 335 g/mol. The van der Waals surface area contributed by atoms with E-state index < -0.39 is 0 Å². The Bertz CT molecular complexity index is 627. The summed E-state index contributed by atoms with van der Waals surface area (Å²) in [6.07, 6.45) is 4.74. The second-order valence-electron chi connectivity index (χ2n) is 6.70. The summed E-state index contributed by atoms with van der Waals surface area (Å²) in [4.78, 5) is 2.49. The lowest BCUT2D eigenvalue weighted by atomic mass is 9.88. The van der Waals surface area contributed by atoms with Crippen molar-refractivity contribution in [2.75, 3.05) is 6.54 Å². The molecule has 0 aliphatic carbocycles. The Morgan fingerprint density at radius 3 is 2.04 bits per heavy atom. The maximum Gasteiger partial charge on any atom is 0.127 e. The highest BCUT2D eigenvalue weighted by Crippen LogP contribution is 2.32. The molecule has 132 valence electrons. The third-order valence-electron chi connectivity index (χ3n) is 4.84. The smallest absolute Gasteiger partial charge is 0.127 e. The zero-order valence-corrected chi connectivity index (χ0v) is 15.4. The van der Waals surface area contributed by atoms with Crippen LogP contribution in [0, 0.1) is 0 Å². The van der Waals surface area contributed by atoms with Gasteiger partial charge in [0.05, 0.1) is 0 Å². The first kappa shape index (κ1) is 17.5. The molecule has 25 heavy (non-hydrogen) atoms. The van der Waals surface area contributed by atoms with Crippen LogP contribution in [0.3, 0.4) is 0 Å². The Hall–Kier alpha value is -2.29. The number of hydrogen-bond acceptors (Lipinski definition) is 3. The predicted molar refractivity (Wildman–Crippen MR) is 106 cm³/mol. The van der Waals surface area contributed by atoms with Crippen molar-refractivity contribution in [3.8, 4) is 0 Å². The standard InChI is InChI=1S/C22H29N3/c1-3-5-16-20-23-24-22(25(20)17-4-2)21(18-12-8-6-9-13-18)19-14-10-7-11-15-19/h6-15,21-22,24H,3-5,16-17H2,1-2H3. The molecule has 1 aliphatic heterocycles. The minimum absolute atomic E-state index is 0.177. The van der Waals surface area contributed by atoms with Gasteiger partial charge in [-0.1, -0.05) is 80.9 Å². The van der Waals surface area contributed by atoms with Crippen molar-refractivity contribution in [2.24, 2.45) is 5.10 Å². The minimum Gasteiger partial charge on any atom is -0.336 e. The summed E-state index contributed by atoms with van der Waals surface area (Å²) < 4.78 is 0. The van der Waals surface area contributed by atoms with Crippen molar-refractivity contribution >= 4 is 5.84 Å². The molecule has 3 nitrogen and oxygen atoms in total. The largest absolute Gasteiger partial charge is 0.336 e. The van der Waals surface area contributed by atoms with Gasteiger partial charge >= 0.3 is 0 Å². The first-order valence-electron chi connectivity index (χ1n) is 9.53. The van der Waals surface area contributed by atoms with Crippen LogP contribution in [0.1, 0.15) is 56.6 Å². The van der Waals surface area contributed by atoms with Gasteiger partial charge in [0, 0.05) is 18.9 Å². The maximum absolute atomic E-state index is 4.72. The summed E-state index contributed by atoms with van der Waals surface area (Å²) in [5.74, 6) is 1.47. The van der Waals surface area contributed by atoms with Crippen LogP contribution < -0.4 is 5.43 Å². The molecule has 1 heterocycles. The molecule has 2 aromatic carbocycles. The molecule has 3 heteroatoms. The zero-order valence-electron chi connectivity index (χ0n) is 15.4. The van der Waals surface area contributed by atoms with Crippen LogP contribution in [-0.2, 0) is 0 Å². The predicted octanol–water partition coefficient (Wildman–Crippen LogP) is 4.96. The molecule has 1 N–H and O–H groups in total. The summed E-state index contributed by atoms with van der Waals surface area (Å²) in [5, 5.41) is 4.72. The summed E-state index contributed by atoms with van der Waals surface area (Å²) in [6, 6.07) is 21.6. The molecular formula is C22H29N3. The Morgan fingerprint density at radius 1 is 0.920 bits per heavy atom. The van der Waals surface area contributed by atoms with Gasteiger partial charge in [-0.05, 0) is 24.0 Å². The van der Waals surface area contributed by atoms with Crippen molar-refractivity contribution in [3.63, 3.8) is 0 Å². The molecule has 3 rings (SSSR count). The van der Waals surface area contributed by atoms with Gasteiger partial charge in [0.25, 0.3) is 0 Å². The Labute approximate surface area is 151 Å². The summed E-state index contributed by atoms with van der Waals surface area (Å²) in [6.45, 7) is 5.52. The highest BCUT2D eigenvalue weighted by molar-refractivity contribution is 5.83. The number of rotatable bonds is 8. The molecule has 0 saturated carbocycles. The van der Waals surface area contributed by atoms with Crippen molar-refractivity contribution in [3.05, 3.63) is 71.8 Å². The third-order valence-corrected chi connectivity index (χ3v) is 4.84. The van der Waals surface area contributed by atoms with Gasteiger partial charge in [0.1, 0.15) is 12.0 Å². The highest BCUT2D eigenvalue weighted by atomic mass is 15.5. The van der Waals surface area contributed by atoms with E-state index in [0.29, 0.717) is 0 Å². The van der Waals surface area contributed by atoms with Gasteiger partial charge in [-0.2, -0.15) is 5.10 Å². The van der Waals surface area contributed by atoms with E-state index in [0.717, 1.165) is 19.4 Å². The fraction of sp³-hybridized carbons (Fsp3) is 0.409. The topological polar surface area (TPSA) is 27.6 Å². The van der Waals surface area contributed by atoms with Gasteiger partial charge in [-0.15, -0.1) is 0 Å². The molecule has 0 bridgehead atoms. The Kier molecular flexibility index (Phi) is 6.10. The molecule has 0 amide bonds. The number of benzene rings is 2. The highest BCUT2D eigenvalue weighted by Gasteiger charge is 2.34. The fourth-order valence-corrected chi connectivity index (χ4v) is 3.61. The first-order valence-corrected chi connectivity index (χ1v) is 9.53. The summed E-state index contributed by atoms with van der Waals surface area (Å²) in [5.41, 5.74) is 6.13. The lowest BCUT2D eigenvalue weighted by Crippen LogP contribution is -2.45. The van der Waals surface area contributed by atoms with Gasteiger partial charge < -0.3 is 4.90 Å². The van der Waals surface area contributed by atoms with Crippen molar-refractivity contribution in [1.82, 2.24) is 10.3 Å². The van der Waals surface area contributed by atoms with Crippen LogP contribution in [0.25, 0.3) is 0 Å². The van der Waals surface area contributed by atoms with Crippen molar-refractivity contribution in [2.45, 2.75) is 51.6 Å². The van der Waals surface area contributed by atoms with Crippen LogP contribution in [0.2, 0.25) is 0 Å².